The number of benzene rings is 2. The summed E-state index contributed by atoms with van der Waals surface area (Å²) < 4.78 is 5.97. The summed E-state index contributed by atoms with van der Waals surface area (Å²) in [6, 6.07) is 11.6. The SMILES string of the molecule is Cc1cc(Cl)cc(C)c1Oc1ccccc1CCl. The molecule has 18 heavy (non-hydrogen) atoms. The van der Waals surface area contributed by atoms with Crippen molar-refractivity contribution in [2.45, 2.75) is 19.7 Å². The summed E-state index contributed by atoms with van der Waals surface area (Å²) in [5, 5.41) is 0.725. The molecule has 0 spiro atoms. The van der Waals surface area contributed by atoms with E-state index < -0.39 is 0 Å². The molecule has 0 aromatic heterocycles. The Morgan fingerprint density at radius 3 is 2.28 bits per heavy atom. The van der Waals surface area contributed by atoms with Gasteiger partial charge < -0.3 is 4.74 Å². The highest BCUT2D eigenvalue weighted by atomic mass is 35.5. The fourth-order valence-electron chi connectivity index (χ4n) is 1.88. The molecule has 0 bridgehead atoms. The maximum absolute atomic E-state index is 6.01. The third-order valence-electron chi connectivity index (χ3n) is 2.75. The van der Waals surface area contributed by atoms with Crippen LogP contribution in [0.5, 0.6) is 11.5 Å². The lowest BCUT2D eigenvalue weighted by Crippen LogP contribution is -1.94. The van der Waals surface area contributed by atoms with E-state index in [-0.39, 0.29) is 0 Å². The monoisotopic (exact) mass is 280 g/mol. The molecule has 3 heteroatoms. The van der Waals surface area contributed by atoms with Gasteiger partial charge in [0.1, 0.15) is 11.5 Å². The molecule has 0 saturated carbocycles. The first-order valence-electron chi connectivity index (χ1n) is 5.70. The molecule has 2 aromatic carbocycles. The molecule has 0 atom stereocenters. The highest BCUT2D eigenvalue weighted by Crippen LogP contribution is 2.33. The van der Waals surface area contributed by atoms with Gasteiger partial charge in [0.2, 0.25) is 0 Å². The van der Waals surface area contributed by atoms with Crippen molar-refractivity contribution in [3.05, 3.63) is 58.1 Å². The number of para-hydroxylation sites is 1. The molecular weight excluding hydrogens is 267 g/mol. The smallest absolute Gasteiger partial charge is 0.133 e. The van der Waals surface area contributed by atoms with Gasteiger partial charge in [-0.15, -0.1) is 11.6 Å². The van der Waals surface area contributed by atoms with Crippen molar-refractivity contribution < 1.29 is 4.74 Å². The van der Waals surface area contributed by atoms with Gasteiger partial charge in [-0.25, -0.2) is 0 Å². The molecule has 0 amide bonds. The third-order valence-corrected chi connectivity index (χ3v) is 3.26. The Bertz CT molecular complexity index is 541. The lowest BCUT2D eigenvalue weighted by Gasteiger charge is -2.14. The molecule has 0 unspecified atom stereocenters. The zero-order chi connectivity index (χ0) is 13.1. The van der Waals surface area contributed by atoms with Gasteiger partial charge in [0.05, 0.1) is 5.88 Å². The molecule has 0 N–H and O–H groups in total. The van der Waals surface area contributed by atoms with E-state index in [2.05, 4.69) is 0 Å². The van der Waals surface area contributed by atoms with Crippen LogP contribution in [0.2, 0.25) is 5.02 Å². The number of hydrogen-bond acceptors (Lipinski definition) is 1. The number of halogens is 2. The molecule has 0 fully saturated rings. The van der Waals surface area contributed by atoms with E-state index in [0.717, 1.165) is 33.2 Å². The van der Waals surface area contributed by atoms with Gasteiger partial charge in [-0.3, -0.25) is 0 Å². The Balaban J connectivity index is 2.40. The van der Waals surface area contributed by atoms with E-state index in [1.807, 2.05) is 50.2 Å². The molecular formula is C15H14Cl2O. The molecule has 0 aliphatic carbocycles. The summed E-state index contributed by atoms with van der Waals surface area (Å²) in [4.78, 5) is 0. The van der Waals surface area contributed by atoms with Gasteiger partial charge >= 0.3 is 0 Å². The second-order valence-corrected chi connectivity index (χ2v) is 4.92. The van der Waals surface area contributed by atoms with Crippen LogP contribution in [0.3, 0.4) is 0 Å². The maximum atomic E-state index is 6.01. The molecule has 0 aliphatic heterocycles. The van der Waals surface area contributed by atoms with E-state index in [4.69, 9.17) is 27.9 Å². The van der Waals surface area contributed by atoms with Crippen molar-refractivity contribution in [3.8, 4) is 11.5 Å². The van der Waals surface area contributed by atoms with Crippen molar-refractivity contribution in [1.29, 1.82) is 0 Å². The number of hydrogen-bond donors (Lipinski definition) is 0. The predicted octanol–water partition coefficient (Wildman–Crippen LogP) is 5.49. The first-order chi connectivity index (χ1) is 8.61. The molecule has 0 radical (unpaired) electrons. The largest absolute Gasteiger partial charge is 0.456 e. The van der Waals surface area contributed by atoms with Gasteiger partial charge in [0.15, 0.2) is 0 Å². The summed E-state index contributed by atoms with van der Waals surface area (Å²) in [6.45, 7) is 3.97. The van der Waals surface area contributed by atoms with Crippen molar-refractivity contribution >= 4 is 23.2 Å². The topological polar surface area (TPSA) is 9.23 Å². The Kier molecular flexibility index (Phi) is 4.15. The van der Waals surface area contributed by atoms with Crippen LogP contribution in [0.25, 0.3) is 0 Å². The van der Waals surface area contributed by atoms with Crippen LogP contribution >= 0.6 is 23.2 Å². The van der Waals surface area contributed by atoms with Crippen molar-refractivity contribution in [1.82, 2.24) is 0 Å². The standard InChI is InChI=1S/C15H14Cl2O/c1-10-7-13(17)8-11(2)15(10)18-14-6-4-3-5-12(14)9-16/h3-8H,9H2,1-2H3. The fraction of sp³-hybridized carbons (Fsp3) is 0.200. The summed E-state index contributed by atoms with van der Waals surface area (Å²) in [5.41, 5.74) is 3.02. The van der Waals surface area contributed by atoms with Crippen LogP contribution in [0.4, 0.5) is 0 Å². The number of rotatable bonds is 3. The van der Waals surface area contributed by atoms with Gasteiger partial charge in [0.25, 0.3) is 0 Å². The van der Waals surface area contributed by atoms with Gasteiger partial charge in [-0.2, -0.15) is 0 Å². The highest BCUT2D eigenvalue weighted by molar-refractivity contribution is 6.30. The van der Waals surface area contributed by atoms with Crippen molar-refractivity contribution in [3.63, 3.8) is 0 Å². The van der Waals surface area contributed by atoms with E-state index in [1.165, 1.54) is 0 Å². The first-order valence-corrected chi connectivity index (χ1v) is 6.61. The minimum Gasteiger partial charge on any atom is -0.456 e. The normalized spacial score (nSPS) is 10.4. The van der Waals surface area contributed by atoms with E-state index in [0.29, 0.717) is 5.88 Å². The second kappa shape index (κ2) is 5.64. The Morgan fingerprint density at radius 1 is 1.06 bits per heavy atom. The minimum absolute atomic E-state index is 0.432. The summed E-state index contributed by atoms with van der Waals surface area (Å²) in [5.74, 6) is 2.07. The summed E-state index contributed by atoms with van der Waals surface area (Å²) in [7, 11) is 0. The Hall–Kier alpha value is -1.18. The summed E-state index contributed by atoms with van der Waals surface area (Å²) >= 11 is 11.9. The molecule has 2 rings (SSSR count). The quantitative estimate of drug-likeness (QED) is 0.676. The third kappa shape index (κ3) is 2.80. The molecule has 1 nitrogen and oxygen atoms in total. The lowest BCUT2D eigenvalue weighted by molar-refractivity contribution is 0.471. The van der Waals surface area contributed by atoms with Crippen molar-refractivity contribution in [2.24, 2.45) is 0 Å². The van der Waals surface area contributed by atoms with Crippen molar-refractivity contribution in [2.75, 3.05) is 0 Å². The van der Waals surface area contributed by atoms with Crippen LogP contribution in [0.1, 0.15) is 16.7 Å². The van der Waals surface area contributed by atoms with E-state index in [9.17, 15) is 0 Å². The van der Waals surface area contributed by atoms with Gasteiger partial charge in [-0.1, -0.05) is 29.8 Å². The number of aryl methyl sites for hydroxylation is 2. The molecule has 0 aliphatic rings. The number of alkyl halides is 1. The average molecular weight is 281 g/mol. The average Bonchev–Trinajstić information content (AvgIpc) is 2.34. The number of ether oxygens (including phenoxy) is 1. The molecule has 94 valence electrons. The molecule has 0 heterocycles. The van der Waals surface area contributed by atoms with Crippen LogP contribution < -0.4 is 4.74 Å². The van der Waals surface area contributed by atoms with Crippen LogP contribution in [0, 0.1) is 13.8 Å². The Labute approximate surface area is 117 Å². The zero-order valence-electron chi connectivity index (χ0n) is 10.3. The van der Waals surface area contributed by atoms with Gasteiger partial charge in [-0.05, 0) is 43.2 Å². The fourth-order valence-corrected chi connectivity index (χ4v) is 2.43. The van der Waals surface area contributed by atoms with E-state index >= 15 is 0 Å². The molecule has 0 saturated heterocycles. The van der Waals surface area contributed by atoms with Crippen LogP contribution in [-0.2, 0) is 5.88 Å². The zero-order valence-corrected chi connectivity index (χ0v) is 11.8. The minimum atomic E-state index is 0.432. The first kappa shape index (κ1) is 13.3. The molecule has 2 aromatic rings. The predicted molar refractivity (Wildman–Crippen MR) is 77.0 cm³/mol. The lowest BCUT2D eigenvalue weighted by atomic mass is 10.1. The maximum Gasteiger partial charge on any atom is 0.133 e. The van der Waals surface area contributed by atoms with Crippen LogP contribution in [0.15, 0.2) is 36.4 Å². The highest BCUT2D eigenvalue weighted by Gasteiger charge is 2.09. The second-order valence-electron chi connectivity index (χ2n) is 4.21. The summed E-state index contributed by atoms with van der Waals surface area (Å²) in [6.07, 6.45) is 0. The Morgan fingerprint density at radius 2 is 1.67 bits per heavy atom. The van der Waals surface area contributed by atoms with E-state index in [1.54, 1.807) is 0 Å². The van der Waals surface area contributed by atoms with Crippen LogP contribution in [-0.4, -0.2) is 0 Å². The van der Waals surface area contributed by atoms with Gasteiger partial charge in [0, 0.05) is 10.6 Å².